The number of nitrogens with one attached hydrogen (secondary N) is 1. The molecule has 0 saturated heterocycles. The molecule has 0 aliphatic carbocycles. The van der Waals surface area contributed by atoms with Gasteiger partial charge < -0.3 is 15.0 Å². The van der Waals surface area contributed by atoms with Crippen molar-refractivity contribution in [2.45, 2.75) is 20.8 Å². The molecule has 1 heterocycles. The zero-order valence-corrected chi connectivity index (χ0v) is 15.8. The Morgan fingerprint density at radius 3 is 2.52 bits per heavy atom. The van der Waals surface area contributed by atoms with Gasteiger partial charge in [0.25, 0.3) is 5.91 Å². The number of aryl methyl sites for hydroxylation is 3. The maximum Gasteiger partial charge on any atom is 0.359 e. The predicted molar refractivity (Wildman–Crippen MR) is 99.2 cm³/mol. The Morgan fingerprint density at radius 1 is 1.11 bits per heavy atom. The molecule has 0 aliphatic rings. The topological polar surface area (TPSA) is 101 Å². The number of anilines is 1. The monoisotopic (exact) mass is 370 g/mol. The summed E-state index contributed by atoms with van der Waals surface area (Å²) >= 11 is 0. The molecule has 27 heavy (non-hydrogen) atoms. The van der Waals surface area contributed by atoms with Crippen LogP contribution in [0.2, 0.25) is 0 Å². The molecule has 2 aromatic rings. The van der Waals surface area contributed by atoms with E-state index in [1.165, 1.54) is 24.3 Å². The van der Waals surface area contributed by atoms with Gasteiger partial charge in [-0.2, -0.15) is 0 Å². The van der Waals surface area contributed by atoms with Gasteiger partial charge in [-0.3, -0.25) is 14.6 Å². The summed E-state index contributed by atoms with van der Waals surface area (Å²) in [5.74, 6) is -1.58. The molecule has 142 valence electrons. The van der Waals surface area contributed by atoms with E-state index in [9.17, 15) is 14.4 Å². The highest BCUT2D eigenvalue weighted by Crippen LogP contribution is 2.16. The lowest BCUT2D eigenvalue weighted by atomic mass is 10.1. The third-order valence-electron chi connectivity index (χ3n) is 3.79. The van der Waals surface area contributed by atoms with Gasteiger partial charge in [-0.25, -0.2) is 9.78 Å². The van der Waals surface area contributed by atoms with Crippen LogP contribution in [0, 0.1) is 20.8 Å². The van der Waals surface area contributed by atoms with Crippen molar-refractivity contribution in [3.63, 3.8) is 0 Å². The summed E-state index contributed by atoms with van der Waals surface area (Å²) in [5, 5.41) is 2.77. The second kappa shape index (κ2) is 8.88. The first-order chi connectivity index (χ1) is 12.8. The molecule has 8 heteroatoms. The molecule has 0 radical (unpaired) electrons. The Balaban J connectivity index is 1.84. The Kier molecular flexibility index (Phi) is 6.59. The highest BCUT2D eigenvalue weighted by atomic mass is 16.5. The first-order valence-corrected chi connectivity index (χ1v) is 8.33. The van der Waals surface area contributed by atoms with Crippen LogP contribution in [-0.4, -0.2) is 52.9 Å². The van der Waals surface area contributed by atoms with Crippen molar-refractivity contribution < 1.29 is 19.1 Å². The minimum absolute atomic E-state index is 0.0173. The zero-order valence-electron chi connectivity index (χ0n) is 15.8. The molecule has 0 unspecified atom stereocenters. The normalized spacial score (nSPS) is 10.2. The maximum absolute atomic E-state index is 12.2. The van der Waals surface area contributed by atoms with Crippen LogP contribution in [0.3, 0.4) is 0 Å². The molecule has 0 fully saturated rings. The number of hydrogen-bond acceptors (Lipinski definition) is 6. The Hall–Kier alpha value is -3.29. The van der Waals surface area contributed by atoms with Gasteiger partial charge in [0.05, 0.1) is 18.4 Å². The smallest absolute Gasteiger partial charge is 0.359 e. The maximum atomic E-state index is 12.2. The molecule has 0 spiro atoms. The fourth-order valence-corrected chi connectivity index (χ4v) is 2.17. The van der Waals surface area contributed by atoms with Gasteiger partial charge in [0.1, 0.15) is 0 Å². The number of likely N-dealkylation sites (N-methyl/N-ethyl adjacent to an activating group) is 1. The molecular formula is C19H22N4O4. The van der Waals surface area contributed by atoms with Crippen LogP contribution in [0.25, 0.3) is 0 Å². The van der Waals surface area contributed by atoms with Gasteiger partial charge in [-0.1, -0.05) is 12.1 Å². The van der Waals surface area contributed by atoms with Crippen molar-refractivity contribution in [2.75, 3.05) is 25.5 Å². The number of carbonyl (C=O) groups is 3. The second-order valence-corrected chi connectivity index (χ2v) is 6.24. The number of ether oxygens (including phenoxy) is 1. The van der Waals surface area contributed by atoms with Crippen molar-refractivity contribution in [3.8, 4) is 0 Å². The number of carbonyl (C=O) groups excluding carboxylic acids is 3. The van der Waals surface area contributed by atoms with Crippen LogP contribution >= 0.6 is 0 Å². The van der Waals surface area contributed by atoms with Crippen molar-refractivity contribution in [1.29, 1.82) is 0 Å². The lowest BCUT2D eigenvalue weighted by molar-refractivity contribution is -0.136. The molecule has 0 atom stereocenters. The minimum Gasteiger partial charge on any atom is -0.451 e. The molecule has 0 aliphatic heterocycles. The van der Waals surface area contributed by atoms with Gasteiger partial charge in [-0.05, 0) is 38.0 Å². The number of benzene rings is 1. The van der Waals surface area contributed by atoms with E-state index in [0.717, 1.165) is 11.1 Å². The Bertz CT molecular complexity index is 849. The predicted octanol–water partition coefficient (Wildman–Crippen LogP) is 1.66. The lowest BCUT2D eigenvalue weighted by Crippen LogP contribution is -2.37. The van der Waals surface area contributed by atoms with Crippen molar-refractivity contribution in [1.82, 2.24) is 14.9 Å². The SMILES string of the molecule is Cc1ccc(C)c(NC(=O)CN(C)C(=O)COC(=O)c2cnc(C)cn2)c1. The standard InChI is InChI=1S/C19H22N4O4/c1-12-5-6-13(2)15(7-12)22-17(24)10-23(4)18(25)11-27-19(26)16-9-20-14(3)8-21-16/h5-9H,10-11H2,1-4H3,(H,22,24). The van der Waals surface area contributed by atoms with Gasteiger partial charge in [-0.15, -0.1) is 0 Å². The van der Waals surface area contributed by atoms with Crippen LogP contribution in [0.4, 0.5) is 5.69 Å². The lowest BCUT2D eigenvalue weighted by Gasteiger charge is -2.17. The summed E-state index contributed by atoms with van der Waals surface area (Å²) in [7, 11) is 1.46. The summed E-state index contributed by atoms with van der Waals surface area (Å²) < 4.78 is 4.92. The van der Waals surface area contributed by atoms with Gasteiger partial charge in [0, 0.05) is 18.9 Å². The van der Waals surface area contributed by atoms with Gasteiger partial charge in [0.2, 0.25) is 5.91 Å². The summed E-state index contributed by atoms with van der Waals surface area (Å²) in [4.78, 5) is 45.1. The number of rotatable bonds is 6. The van der Waals surface area contributed by atoms with Crippen molar-refractivity contribution in [3.05, 3.63) is 53.1 Å². The van der Waals surface area contributed by atoms with Crippen LogP contribution in [0.5, 0.6) is 0 Å². The summed E-state index contributed by atoms with van der Waals surface area (Å²) in [6, 6.07) is 5.72. The third kappa shape index (κ3) is 5.88. The number of esters is 1. The van der Waals surface area contributed by atoms with E-state index in [2.05, 4.69) is 15.3 Å². The second-order valence-electron chi connectivity index (χ2n) is 6.24. The zero-order chi connectivity index (χ0) is 20.0. The van der Waals surface area contributed by atoms with Crippen molar-refractivity contribution >= 4 is 23.5 Å². The Morgan fingerprint density at radius 2 is 1.85 bits per heavy atom. The van der Waals surface area contributed by atoms with E-state index >= 15 is 0 Å². The van der Waals surface area contributed by atoms with E-state index in [4.69, 9.17) is 4.74 Å². The van der Waals surface area contributed by atoms with E-state index in [0.29, 0.717) is 11.4 Å². The first kappa shape index (κ1) is 20.0. The Labute approximate surface area is 157 Å². The first-order valence-electron chi connectivity index (χ1n) is 8.33. The molecule has 0 saturated carbocycles. The fraction of sp³-hybridized carbons (Fsp3) is 0.316. The molecule has 1 aromatic carbocycles. The fourth-order valence-electron chi connectivity index (χ4n) is 2.17. The van der Waals surface area contributed by atoms with Gasteiger partial charge in [0.15, 0.2) is 12.3 Å². The highest BCUT2D eigenvalue weighted by Gasteiger charge is 2.17. The van der Waals surface area contributed by atoms with Crippen LogP contribution in [0.15, 0.2) is 30.6 Å². The molecular weight excluding hydrogens is 348 g/mol. The number of hydrogen-bond donors (Lipinski definition) is 1. The molecule has 1 N–H and O–H groups in total. The van der Waals surface area contributed by atoms with E-state index < -0.39 is 18.5 Å². The average Bonchev–Trinajstić information content (AvgIpc) is 2.62. The van der Waals surface area contributed by atoms with E-state index in [1.54, 1.807) is 6.92 Å². The van der Waals surface area contributed by atoms with E-state index in [1.807, 2.05) is 32.0 Å². The third-order valence-corrected chi connectivity index (χ3v) is 3.79. The molecule has 2 amide bonds. The number of nitrogens with zero attached hydrogens (tertiary/aromatic N) is 3. The average molecular weight is 370 g/mol. The molecule has 8 nitrogen and oxygen atoms in total. The minimum atomic E-state index is -0.746. The van der Waals surface area contributed by atoms with Crippen LogP contribution in [-0.2, 0) is 14.3 Å². The summed E-state index contributed by atoms with van der Waals surface area (Å²) in [6.45, 7) is 4.91. The largest absolute Gasteiger partial charge is 0.451 e. The highest BCUT2D eigenvalue weighted by molar-refractivity contribution is 5.95. The van der Waals surface area contributed by atoms with Crippen LogP contribution in [0.1, 0.15) is 27.3 Å². The van der Waals surface area contributed by atoms with Crippen LogP contribution < -0.4 is 5.32 Å². The van der Waals surface area contributed by atoms with Crippen molar-refractivity contribution in [2.24, 2.45) is 0 Å². The van der Waals surface area contributed by atoms with Gasteiger partial charge >= 0.3 is 5.97 Å². The molecule has 2 rings (SSSR count). The number of aromatic nitrogens is 2. The summed E-state index contributed by atoms with van der Waals surface area (Å²) in [5.41, 5.74) is 3.33. The van der Waals surface area contributed by atoms with E-state index in [-0.39, 0.29) is 18.1 Å². The summed E-state index contributed by atoms with van der Waals surface area (Å²) in [6.07, 6.45) is 2.71. The molecule has 0 bridgehead atoms. The number of amides is 2. The quantitative estimate of drug-likeness (QED) is 0.776. The molecule has 1 aromatic heterocycles.